The lowest BCUT2D eigenvalue weighted by Crippen LogP contribution is -2.07. The molecule has 0 rings (SSSR count). The van der Waals surface area contributed by atoms with E-state index in [1.54, 1.807) is 0 Å². The van der Waals surface area contributed by atoms with Crippen LogP contribution in [0.3, 0.4) is 0 Å². The van der Waals surface area contributed by atoms with Crippen LogP contribution < -0.4 is 0 Å². The quantitative estimate of drug-likeness (QED) is 0.435. The van der Waals surface area contributed by atoms with Crippen molar-refractivity contribution < 1.29 is 17.4 Å². The van der Waals surface area contributed by atoms with E-state index in [0.29, 0.717) is 0 Å². The zero-order valence-electron chi connectivity index (χ0n) is 6.21. The molecule has 0 amide bonds. The van der Waals surface area contributed by atoms with E-state index in [9.17, 15) is 9.59 Å². The highest BCUT2D eigenvalue weighted by Gasteiger charge is 2.07. The van der Waals surface area contributed by atoms with Gasteiger partial charge in [0.2, 0.25) is 0 Å². The summed E-state index contributed by atoms with van der Waals surface area (Å²) in [6, 6.07) is 0. The van der Waals surface area contributed by atoms with E-state index >= 15 is 0 Å². The van der Waals surface area contributed by atoms with Crippen LogP contribution in [0.4, 0.5) is 0 Å². The van der Waals surface area contributed by atoms with Crippen molar-refractivity contribution in [2.45, 2.75) is 12.8 Å². The fraction of sp³-hybridized carbons (Fsp3) is 0.429. The molecule has 0 spiro atoms. The maximum Gasteiger partial charge on any atom is 0.315 e. The second-order valence-electron chi connectivity index (χ2n) is 1.81. The van der Waals surface area contributed by atoms with Crippen molar-refractivity contribution in [3.8, 4) is 12.3 Å². The first-order valence-corrected chi connectivity index (χ1v) is 3.99. The molecule has 0 N–H and O–H groups in total. The zero-order chi connectivity index (χ0) is 9.40. The van der Waals surface area contributed by atoms with E-state index < -0.39 is 11.9 Å². The number of carbonyl (C=O) groups excluding carboxylic acids is 2. The summed E-state index contributed by atoms with van der Waals surface area (Å²) in [5, 5.41) is 0. The predicted molar refractivity (Wildman–Crippen MR) is 49.1 cm³/mol. The fourth-order valence-electron chi connectivity index (χ4n) is 0.437. The van der Waals surface area contributed by atoms with Gasteiger partial charge in [0.25, 0.3) is 0 Å². The highest BCUT2D eigenvalue weighted by molar-refractivity contribution is 14.1. The Balaban J connectivity index is 3.45. The van der Waals surface area contributed by atoms with Crippen molar-refractivity contribution >= 4 is 34.9 Å². The first-order valence-electron chi connectivity index (χ1n) is 3.11. The second-order valence-corrected chi connectivity index (χ2v) is 2.25. The van der Waals surface area contributed by atoms with Crippen molar-refractivity contribution in [3.63, 3.8) is 0 Å². The van der Waals surface area contributed by atoms with E-state index in [2.05, 4.69) is 13.7 Å². The molecule has 5 heteroatoms. The number of carbonyl (C=O) groups is 2. The molecule has 0 bridgehead atoms. The van der Waals surface area contributed by atoms with Gasteiger partial charge in [0.1, 0.15) is 0 Å². The predicted octanol–water partition coefficient (Wildman–Crippen LogP) is 0.836. The Labute approximate surface area is 84.3 Å². The number of halogens is 1. The molecule has 0 heterocycles. The fourth-order valence-corrected chi connectivity index (χ4v) is 0.657. The van der Waals surface area contributed by atoms with E-state index in [4.69, 9.17) is 6.42 Å². The molecule has 0 aromatic rings. The van der Waals surface area contributed by atoms with Gasteiger partial charge in [0.15, 0.2) is 29.6 Å². The third-order valence-corrected chi connectivity index (χ3v) is 1.43. The standard InChI is InChI=1S/C7H7IO4/c1-2-5-11-6(9)3-4-7(10)12-8/h1H,3-5H2. The van der Waals surface area contributed by atoms with Crippen molar-refractivity contribution in [2.75, 3.05) is 6.61 Å². The van der Waals surface area contributed by atoms with Crippen molar-refractivity contribution in [1.82, 2.24) is 0 Å². The van der Waals surface area contributed by atoms with Crippen LogP contribution in [0.2, 0.25) is 0 Å². The van der Waals surface area contributed by atoms with Crippen LogP contribution in [0.15, 0.2) is 0 Å². The first-order chi connectivity index (χ1) is 5.70. The lowest BCUT2D eigenvalue weighted by Gasteiger charge is -1.98. The number of ether oxygens (including phenoxy) is 1. The Morgan fingerprint density at radius 3 is 2.42 bits per heavy atom. The van der Waals surface area contributed by atoms with Gasteiger partial charge in [0.05, 0.1) is 12.8 Å². The Hall–Kier alpha value is -0.770. The molecule has 0 aromatic heterocycles. The molecule has 0 fully saturated rings. The van der Waals surface area contributed by atoms with Crippen molar-refractivity contribution in [3.05, 3.63) is 0 Å². The van der Waals surface area contributed by atoms with Crippen LogP contribution >= 0.6 is 23.0 Å². The van der Waals surface area contributed by atoms with Gasteiger partial charge in [0, 0.05) is 0 Å². The largest absolute Gasteiger partial charge is 0.452 e. The Morgan fingerprint density at radius 2 is 1.92 bits per heavy atom. The summed E-state index contributed by atoms with van der Waals surface area (Å²) < 4.78 is 8.79. The van der Waals surface area contributed by atoms with E-state index in [1.807, 2.05) is 0 Å². The summed E-state index contributed by atoms with van der Waals surface area (Å²) in [6.45, 7) is -0.0574. The number of hydrogen-bond acceptors (Lipinski definition) is 4. The molecular formula is C7H7IO4. The average molecular weight is 282 g/mol. The zero-order valence-corrected chi connectivity index (χ0v) is 8.37. The summed E-state index contributed by atoms with van der Waals surface area (Å²) in [5.74, 6) is 1.20. The smallest absolute Gasteiger partial charge is 0.315 e. The molecule has 0 unspecified atom stereocenters. The van der Waals surface area contributed by atoms with Gasteiger partial charge in [-0.25, -0.2) is 0 Å². The Kier molecular flexibility index (Phi) is 6.47. The van der Waals surface area contributed by atoms with Crippen molar-refractivity contribution in [1.29, 1.82) is 0 Å². The van der Waals surface area contributed by atoms with Crippen LogP contribution in [0, 0.1) is 12.3 Å². The van der Waals surface area contributed by atoms with E-state index in [-0.39, 0.29) is 19.4 Å². The minimum absolute atomic E-state index is 0.00349. The molecule has 0 aliphatic rings. The third kappa shape index (κ3) is 5.97. The maximum atomic E-state index is 10.7. The van der Waals surface area contributed by atoms with Gasteiger partial charge in [-0.3, -0.25) is 9.59 Å². The summed E-state index contributed by atoms with van der Waals surface area (Å²) in [5.41, 5.74) is 0. The summed E-state index contributed by atoms with van der Waals surface area (Å²) in [7, 11) is 0. The van der Waals surface area contributed by atoms with Crippen LogP contribution in [-0.4, -0.2) is 18.5 Å². The molecular weight excluding hydrogens is 275 g/mol. The molecule has 66 valence electrons. The van der Waals surface area contributed by atoms with Gasteiger partial charge in [-0.2, -0.15) is 0 Å². The van der Waals surface area contributed by atoms with Gasteiger partial charge in [-0.05, 0) is 0 Å². The second kappa shape index (κ2) is 6.91. The molecule has 0 aliphatic heterocycles. The van der Waals surface area contributed by atoms with Crippen molar-refractivity contribution in [2.24, 2.45) is 0 Å². The SMILES string of the molecule is C#CCOC(=O)CCC(=O)OI. The first kappa shape index (κ1) is 11.2. The summed E-state index contributed by atoms with van der Waals surface area (Å²) >= 11 is 1.45. The Bertz CT molecular complexity index is 206. The monoisotopic (exact) mass is 282 g/mol. The number of esters is 1. The maximum absolute atomic E-state index is 10.7. The highest BCUT2D eigenvalue weighted by atomic mass is 127. The van der Waals surface area contributed by atoms with Crippen LogP contribution in [0.5, 0.6) is 0 Å². The number of hydrogen-bond donors (Lipinski definition) is 0. The highest BCUT2D eigenvalue weighted by Crippen LogP contribution is 1.98. The third-order valence-electron chi connectivity index (χ3n) is 0.936. The summed E-state index contributed by atoms with van der Waals surface area (Å²) in [4.78, 5) is 21.2. The lowest BCUT2D eigenvalue weighted by molar-refractivity contribution is -0.145. The van der Waals surface area contributed by atoms with Gasteiger partial charge in [-0.15, -0.1) is 6.42 Å². The number of terminal acetylenes is 1. The van der Waals surface area contributed by atoms with Gasteiger partial charge in [-0.1, -0.05) is 5.92 Å². The molecule has 0 aromatic carbocycles. The molecule has 0 saturated heterocycles. The topological polar surface area (TPSA) is 52.6 Å². The van der Waals surface area contributed by atoms with E-state index in [1.165, 1.54) is 23.0 Å². The average Bonchev–Trinajstić information content (AvgIpc) is 2.10. The van der Waals surface area contributed by atoms with E-state index in [0.717, 1.165) is 0 Å². The minimum atomic E-state index is -0.491. The van der Waals surface area contributed by atoms with Crippen LogP contribution in [0.25, 0.3) is 0 Å². The minimum Gasteiger partial charge on any atom is -0.452 e. The molecule has 4 nitrogen and oxygen atoms in total. The van der Waals surface area contributed by atoms with Gasteiger partial charge >= 0.3 is 11.9 Å². The normalized spacial score (nSPS) is 8.33. The Morgan fingerprint density at radius 1 is 1.33 bits per heavy atom. The summed E-state index contributed by atoms with van der Waals surface area (Å²) in [6.07, 6.45) is 4.86. The lowest BCUT2D eigenvalue weighted by atomic mass is 10.3. The molecule has 12 heavy (non-hydrogen) atoms. The molecule has 0 atom stereocenters. The molecule has 0 radical (unpaired) electrons. The molecule has 0 aliphatic carbocycles. The van der Waals surface area contributed by atoms with Crippen LogP contribution in [0.1, 0.15) is 12.8 Å². The number of rotatable bonds is 4. The van der Waals surface area contributed by atoms with Crippen LogP contribution in [-0.2, 0) is 17.4 Å². The molecule has 0 saturated carbocycles. The van der Waals surface area contributed by atoms with Gasteiger partial charge < -0.3 is 7.80 Å².